The van der Waals surface area contributed by atoms with Gasteiger partial charge >= 0.3 is 5.97 Å². The fraction of sp³-hybridized carbons (Fsp3) is 0.600. The van der Waals surface area contributed by atoms with Crippen molar-refractivity contribution in [3.8, 4) is 0 Å². The summed E-state index contributed by atoms with van der Waals surface area (Å²) in [5.74, 6) is -0.426. The highest BCUT2D eigenvalue weighted by molar-refractivity contribution is 6.86. The smallest absolute Gasteiger partial charge is 0.330 e. The summed E-state index contributed by atoms with van der Waals surface area (Å²) in [5, 5.41) is 0.586. The topological polar surface area (TPSA) is 43.4 Å². The third kappa shape index (κ3) is 4.96. The van der Waals surface area contributed by atoms with E-state index in [9.17, 15) is 9.59 Å². The van der Waals surface area contributed by atoms with Gasteiger partial charge in [-0.25, -0.2) is 4.79 Å². The second kappa shape index (κ2) is 5.10. The van der Waals surface area contributed by atoms with Crippen molar-refractivity contribution >= 4 is 20.3 Å². The molecular formula is C10H18O3Si. The van der Waals surface area contributed by atoms with E-state index in [1.54, 1.807) is 13.8 Å². The van der Waals surface area contributed by atoms with E-state index in [1.165, 1.54) is 6.08 Å². The monoisotopic (exact) mass is 214 g/mol. The Morgan fingerprint density at radius 2 is 1.79 bits per heavy atom. The van der Waals surface area contributed by atoms with Crippen LogP contribution in [-0.4, -0.2) is 26.4 Å². The number of ether oxygens (including phenoxy) is 1. The molecule has 0 fully saturated rings. The summed E-state index contributed by atoms with van der Waals surface area (Å²) in [7, 11) is -1.71. The molecule has 80 valence electrons. The predicted molar refractivity (Wildman–Crippen MR) is 58.7 cm³/mol. The van der Waals surface area contributed by atoms with Crippen LogP contribution < -0.4 is 0 Å². The Morgan fingerprint density at radius 1 is 1.29 bits per heavy atom. The molecule has 4 heteroatoms. The maximum Gasteiger partial charge on any atom is 0.330 e. The fourth-order valence-corrected chi connectivity index (χ4v) is 1.73. The first-order valence-corrected chi connectivity index (χ1v) is 8.15. The van der Waals surface area contributed by atoms with Crippen molar-refractivity contribution in [3.05, 3.63) is 11.3 Å². The number of rotatable bonds is 4. The lowest BCUT2D eigenvalue weighted by Gasteiger charge is -2.15. The number of carbonyl (C=O) groups is 2. The minimum absolute atomic E-state index is 0.145. The van der Waals surface area contributed by atoms with Gasteiger partial charge in [0.05, 0.1) is 14.2 Å². The minimum Gasteiger partial charge on any atom is -0.460 e. The number of hydrogen-bond donors (Lipinski definition) is 0. The summed E-state index contributed by atoms with van der Waals surface area (Å²) in [5.41, 5.74) is 0. The van der Waals surface area contributed by atoms with Gasteiger partial charge in [0, 0.05) is 6.08 Å². The summed E-state index contributed by atoms with van der Waals surface area (Å²) in [6.45, 7) is 9.59. The van der Waals surface area contributed by atoms with Crippen LogP contribution in [0, 0.1) is 0 Å². The van der Waals surface area contributed by atoms with E-state index in [0.29, 0.717) is 5.20 Å². The molecule has 0 aliphatic rings. The molecule has 3 nitrogen and oxygen atoms in total. The molecule has 0 unspecified atom stereocenters. The quantitative estimate of drug-likeness (QED) is 0.311. The molecule has 0 bridgehead atoms. The zero-order valence-corrected chi connectivity index (χ0v) is 10.5. The highest BCUT2D eigenvalue weighted by Gasteiger charge is 2.20. The first-order valence-electron chi connectivity index (χ1n) is 4.65. The molecule has 0 saturated heterocycles. The maximum absolute atomic E-state index is 11.2. The molecule has 0 aliphatic carbocycles. The second-order valence-electron chi connectivity index (χ2n) is 4.45. The lowest BCUT2D eigenvalue weighted by Crippen LogP contribution is -2.26. The average Bonchev–Trinajstić information content (AvgIpc) is 1.96. The van der Waals surface area contributed by atoms with Crippen molar-refractivity contribution < 1.29 is 14.3 Å². The standard InChI is InChI=1S/C10H18O3Si/c1-8(2)13-10(12)6-9(7-11)14(3,4)5/h6-8H,1-5H3/b9-6+. The van der Waals surface area contributed by atoms with Gasteiger partial charge in [0.1, 0.15) is 6.29 Å². The molecule has 0 radical (unpaired) electrons. The minimum atomic E-state index is -1.71. The lowest BCUT2D eigenvalue weighted by molar-refractivity contribution is -0.141. The maximum atomic E-state index is 11.2. The van der Waals surface area contributed by atoms with Crippen molar-refractivity contribution in [2.75, 3.05) is 0 Å². The summed E-state index contributed by atoms with van der Waals surface area (Å²) < 4.78 is 4.93. The molecule has 0 heterocycles. The van der Waals surface area contributed by atoms with Crippen LogP contribution >= 0.6 is 0 Å². The van der Waals surface area contributed by atoms with Crippen molar-refractivity contribution in [3.63, 3.8) is 0 Å². The molecule has 0 N–H and O–H groups in total. The molecule has 0 amide bonds. The van der Waals surface area contributed by atoms with Gasteiger partial charge in [-0.05, 0) is 19.0 Å². The molecule has 0 atom stereocenters. The van der Waals surface area contributed by atoms with Gasteiger partial charge in [-0.3, -0.25) is 4.79 Å². The Balaban J connectivity index is 4.61. The van der Waals surface area contributed by atoms with E-state index in [-0.39, 0.29) is 6.10 Å². The predicted octanol–water partition coefficient (Wildman–Crippen LogP) is 1.94. The van der Waals surface area contributed by atoms with Crippen LogP contribution in [0.15, 0.2) is 11.3 Å². The Morgan fingerprint density at radius 3 is 2.07 bits per heavy atom. The molecule has 0 spiro atoms. The van der Waals surface area contributed by atoms with Crippen molar-refractivity contribution in [2.24, 2.45) is 0 Å². The highest BCUT2D eigenvalue weighted by atomic mass is 28.3. The van der Waals surface area contributed by atoms with Crippen molar-refractivity contribution in [1.29, 1.82) is 0 Å². The largest absolute Gasteiger partial charge is 0.460 e. The van der Waals surface area contributed by atoms with E-state index in [0.717, 1.165) is 6.29 Å². The van der Waals surface area contributed by atoms with Gasteiger partial charge in [0.25, 0.3) is 0 Å². The third-order valence-electron chi connectivity index (χ3n) is 1.62. The summed E-state index contributed by atoms with van der Waals surface area (Å²) >= 11 is 0. The fourth-order valence-electron chi connectivity index (χ4n) is 0.821. The first-order chi connectivity index (χ1) is 6.27. The van der Waals surface area contributed by atoms with Gasteiger partial charge in [-0.15, -0.1) is 0 Å². The molecule has 0 aromatic rings. The molecule has 14 heavy (non-hydrogen) atoms. The lowest BCUT2D eigenvalue weighted by atomic mass is 10.4. The molecule has 0 aromatic heterocycles. The van der Waals surface area contributed by atoms with E-state index in [4.69, 9.17) is 4.74 Å². The summed E-state index contributed by atoms with van der Waals surface area (Å²) in [6, 6.07) is 0. The van der Waals surface area contributed by atoms with Gasteiger partial charge < -0.3 is 4.74 Å². The summed E-state index contributed by atoms with van der Waals surface area (Å²) in [4.78, 5) is 22.0. The molecule has 0 aliphatic heterocycles. The number of carbonyl (C=O) groups excluding carboxylic acids is 2. The second-order valence-corrected chi connectivity index (χ2v) is 9.53. The molecule has 0 rings (SSSR count). The van der Waals surface area contributed by atoms with Crippen LogP contribution in [0.4, 0.5) is 0 Å². The SMILES string of the molecule is CC(C)OC(=O)/C=C(\C=O)[Si](C)(C)C. The van der Waals surface area contributed by atoms with Gasteiger partial charge in [0.2, 0.25) is 0 Å². The van der Waals surface area contributed by atoms with Gasteiger partial charge in [0.15, 0.2) is 0 Å². The highest BCUT2D eigenvalue weighted by Crippen LogP contribution is 2.12. The van der Waals surface area contributed by atoms with E-state index >= 15 is 0 Å². The van der Waals surface area contributed by atoms with Crippen LogP contribution in [0.2, 0.25) is 19.6 Å². The van der Waals surface area contributed by atoms with Crippen LogP contribution in [0.1, 0.15) is 13.8 Å². The third-order valence-corrected chi connectivity index (χ3v) is 3.61. The van der Waals surface area contributed by atoms with E-state index < -0.39 is 14.0 Å². The summed E-state index contributed by atoms with van der Waals surface area (Å²) in [6.07, 6.45) is 1.93. The van der Waals surface area contributed by atoms with Crippen LogP contribution in [0.3, 0.4) is 0 Å². The Kier molecular flexibility index (Phi) is 4.77. The average molecular weight is 214 g/mol. The Bertz CT molecular complexity index is 249. The first kappa shape index (κ1) is 13.1. The van der Waals surface area contributed by atoms with Crippen molar-refractivity contribution in [1.82, 2.24) is 0 Å². The van der Waals surface area contributed by atoms with Crippen LogP contribution in [0.5, 0.6) is 0 Å². The number of hydrogen-bond acceptors (Lipinski definition) is 3. The Labute approximate surface area is 86.2 Å². The van der Waals surface area contributed by atoms with Crippen LogP contribution in [0.25, 0.3) is 0 Å². The van der Waals surface area contributed by atoms with Crippen LogP contribution in [-0.2, 0) is 14.3 Å². The molecular weight excluding hydrogens is 196 g/mol. The van der Waals surface area contributed by atoms with Crippen molar-refractivity contribution in [2.45, 2.75) is 39.6 Å². The number of aldehydes is 1. The zero-order valence-electron chi connectivity index (χ0n) is 9.46. The normalized spacial score (nSPS) is 12.9. The number of allylic oxidation sites excluding steroid dienone is 1. The zero-order chi connectivity index (χ0) is 11.4. The van der Waals surface area contributed by atoms with E-state index in [1.807, 2.05) is 19.6 Å². The van der Waals surface area contributed by atoms with E-state index in [2.05, 4.69) is 0 Å². The molecule has 0 saturated carbocycles. The number of esters is 1. The van der Waals surface area contributed by atoms with Gasteiger partial charge in [-0.2, -0.15) is 0 Å². The Hall–Kier alpha value is -0.903. The molecule has 0 aromatic carbocycles. The van der Waals surface area contributed by atoms with Gasteiger partial charge in [-0.1, -0.05) is 19.6 Å².